The standard InChI is InChI=1S/C15H14N4O/c16-8-10-2-1-3-12(6-10)18-15(20)14-7-11(17)9-19(14)13-4-5-13/h1-3,6-7,9,13H,4-5,17H2,(H,18,20). The number of rotatable bonds is 3. The first-order valence-electron chi connectivity index (χ1n) is 6.46. The Balaban J connectivity index is 1.84. The Morgan fingerprint density at radius 3 is 2.90 bits per heavy atom. The summed E-state index contributed by atoms with van der Waals surface area (Å²) in [5.74, 6) is -0.205. The van der Waals surface area contributed by atoms with E-state index in [1.807, 2.05) is 10.6 Å². The van der Waals surface area contributed by atoms with Gasteiger partial charge in [-0.1, -0.05) is 6.07 Å². The molecular weight excluding hydrogens is 252 g/mol. The zero-order valence-corrected chi connectivity index (χ0v) is 10.8. The molecule has 100 valence electrons. The van der Waals surface area contributed by atoms with Crippen LogP contribution < -0.4 is 11.1 Å². The summed E-state index contributed by atoms with van der Waals surface area (Å²) in [6.07, 6.45) is 3.97. The summed E-state index contributed by atoms with van der Waals surface area (Å²) >= 11 is 0. The third-order valence-corrected chi connectivity index (χ3v) is 3.29. The molecule has 20 heavy (non-hydrogen) atoms. The Labute approximate surface area is 116 Å². The molecule has 5 heteroatoms. The van der Waals surface area contributed by atoms with Crippen LogP contribution in [0.3, 0.4) is 0 Å². The van der Waals surface area contributed by atoms with Crippen molar-refractivity contribution >= 4 is 17.3 Å². The van der Waals surface area contributed by atoms with Gasteiger partial charge in [-0.25, -0.2) is 0 Å². The molecule has 1 aromatic carbocycles. The summed E-state index contributed by atoms with van der Waals surface area (Å²) in [5, 5.41) is 11.7. The van der Waals surface area contributed by atoms with Crippen LogP contribution in [-0.2, 0) is 0 Å². The second-order valence-corrected chi connectivity index (χ2v) is 4.94. The number of benzene rings is 1. The molecule has 2 aromatic rings. The molecule has 5 nitrogen and oxygen atoms in total. The molecule has 3 N–H and O–H groups in total. The number of nitrogens with two attached hydrogens (primary N) is 1. The zero-order chi connectivity index (χ0) is 14.1. The third kappa shape index (κ3) is 2.36. The van der Waals surface area contributed by atoms with Gasteiger partial charge in [0.2, 0.25) is 0 Å². The minimum atomic E-state index is -0.205. The number of hydrogen-bond acceptors (Lipinski definition) is 3. The minimum Gasteiger partial charge on any atom is -0.397 e. The Hall–Kier alpha value is -2.74. The number of hydrogen-bond donors (Lipinski definition) is 2. The highest BCUT2D eigenvalue weighted by atomic mass is 16.1. The van der Waals surface area contributed by atoms with E-state index in [-0.39, 0.29) is 5.91 Å². The molecule has 0 saturated heterocycles. The largest absolute Gasteiger partial charge is 0.397 e. The summed E-state index contributed by atoms with van der Waals surface area (Å²) in [6, 6.07) is 11.0. The van der Waals surface area contributed by atoms with Crippen molar-refractivity contribution in [1.29, 1.82) is 5.26 Å². The molecule has 1 aliphatic carbocycles. The molecule has 0 atom stereocenters. The molecule has 0 aliphatic heterocycles. The van der Waals surface area contributed by atoms with Gasteiger partial charge in [0, 0.05) is 17.9 Å². The first-order chi connectivity index (χ1) is 9.67. The van der Waals surface area contributed by atoms with E-state index >= 15 is 0 Å². The number of anilines is 2. The van der Waals surface area contributed by atoms with Crippen molar-refractivity contribution in [2.75, 3.05) is 11.1 Å². The van der Waals surface area contributed by atoms with E-state index < -0.39 is 0 Å². The average molecular weight is 266 g/mol. The van der Waals surface area contributed by atoms with Crippen LogP contribution in [0.4, 0.5) is 11.4 Å². The lowest BCUT2D eigenvalue weighted by Crippen LogP contribution is -2.16. The Morgan fingerprint density at radius 1 is 1.40 bits per heavy atom. The number of carbonyl (C=O) groups excluding carboxylic acids is 1. The quantitative estimate of drug-likeness (QED) is 0.895. The first kappa shape index (κ1) is 12.3. The van der Waals surface area contributed by atoms with E-state index in [4.69, 9.17) is 11.0 Å². The Kier molecular flexibility index (Phi) is 2.92. The van der Waals surface area contributed by atoms with E-state index in [9.17, 15) is 4.79 Å². The molecule has 0 radical (unpaired) electrons. The van der Waals surface area contributed by atoms with Crippen LogP contribution in [0, 0.1) is 11.3 Å². The lowest BCUT2D eigenvalue weighted by molar-refractivity contribution is 0.101. The summed E-state index contributed by atoms with van der Waals surface area (Å²) in [4.78, 5) is 12.3. The van der Waals surface area contributed by atoms with Crippen molar-refractivity contribution in [2.24, 2.45) is 0 Å². The van der Waals surface area contributed by atoms with Gasteiger partial charge in [0.25, 0.3) is 5.91 Å². The van der Waals surface area contributed by atoms with Crippen molar-refractivity contribution in [3.63, 3.8) is 0 Å². The maximum atomic E-state index is 12.3. The van der Waals surface area contributed by atoms with E-state index in [2.05, 4.69) is 5.32 Å². The summed E-state index contributed by atoms with van der Waals surface area (Å²) < 4.78 is 1.93. The second kappa shape index (κ2) is 4.74. The normalized spacial score (nSPS) is 13.8. The third-order valence-electron chi connectivity index (χ3n) is 3.29. The molecule has 1 aliphatic rings. The summed E-state index contributed by atoms with van der Waals surface area (Å²) in [5.41, 5.74) is 8.05. The van der Waals surface area contributed by atoms with Crippen molar-refractivity contribution in [3.8, 4) is 6.07 Å². The van der Waals surface area contributed by atoms with Gasteiger partial charge in [-0.2, -0.15) is 5.26 Å². The van der Waals surface area contributed by atoms with E-state index in [1.165, 1.54) is 0 Å². The van der Waals surface area contributed by atoms with Crippen LogP contribution in [0.5, 0.6) is 0 Å². The van der Waals surface area contributed by atoms with Gasteiger partial charge in [0.1, 0.15) is 5.69 Å². The van der Waals surface area contributed by atoms with E-state index in [1.54, 1.807) is 36.5 Å². The fourth-order valence-corrected chi connectivity index (χ4v) is 2.20. The second-order valence-electron chi connectivity index (χ2n) is 4.94. The maximum Gasteiger partial charge on any atom is 0.272 e. The van der Waals surface area contributed by atoms with Gasteiger partial charge >= 0.3 is 0 Å². The monoisotopic (exact) mass is 266 g/mol. The van der Waals surface area contributed by atoms with Crippen molar-refractivity contribution < 1.29 is 4.79 Å². The number of nitriles is 1. The van der Waals surface area contributed by atoms with Crippen molar-refractivity contribution in [3.05, 3.63) is 47.8 Å². The topological polar surface area (TPSA) is 83.8 Å². The molecule has 0 unspecified atom stereocenters. The molecule has 1 heterocycles. The lowest BCUT2D eigenvalue weighted by Gasteiger charge is -2.08. The molecule has 1 aromatic heterocycles. The van der Waals surface area contributed by atoms with Gasteiger partial charge in [0.15, 0.2) is 0 Å². The summed E-state index contributed by atoms with van der Waals surface area (Å²) in [7, 11) is 0. The molecule has 1 amide bonds. The molecule has 1 saturated carbocycles. The van der Waals surface area contributed by atoms with Gasteiger partial charge < -0.3 is 15.6 Å². The number of aromatic nitrogens is 1. The highest BCUT2D eigenvalue weighted by Crippen LogP contribution is 2.37. The fraction of sp³-hybridized carbons (Fsp3) is 0.200. The maximum absolute atomic E-state index is 12.3. The van der Waals surface area contributed by atoms with Crippen LogP contribution >= 0.6 is 0 Å². The summed E-state index contributed by atoms with van der Waals surface area (Å²) in [6.45, 7) is 0. The number of carbonyl (C=O) groups is 1. The molecule has 3 rings (SSSR count). The molecule has 0 bridgehead atoms. The Bertz CT molecular complexity index is 707. The van der Waals surface area contributed by atoms with Crippen LogP contribution in [0.25, 0.3) is 0 Å². The molecular formula is C15H14N4O. The predicted octanol–water partition coefficient (Wildman–Crippen LogP) is 2.53. The van der Waals surface area contributed by atoms with Gasteiger partial charge in [0.05, 0.1) is 17.3 Å². The Morgan fingerprint density at radius 2 is 2.20 bits per heavy atom. The van der Waals surface area contributed by atoms with Crippen LogP contribution in [0.2, 0.25) is 0 Å². The zero-order valence-electron chi connectivity index (χ0n) is 10.8. The van der Waals surface area contributed by atoms with Crippen LogP contribution in [0.1, 0.15) is 34.9 Å². The van der Waals surface area contributed by atoms with Crippen molar-refractivity contribution in [2.45, 2.75) is 18.9 Å². The SMILES string of the molecule is N#Cc1cccc(NC(=O)c2cc(N)cn2C2CC2)c1. The number of nitrogen functional groups attached to an aromatic ring is 1. The van der Waals surface area contributed by atoms with Gasteiger partial charge in [-0.05, 0) is 37.1 Å². The number of nitrogens with zero attached hydrogens (tertiary/aromatic N) is 2. The highest BCUT2D eigenvalue weighted by molar-refractivity contribution is 6.04. The predicted molar refractivity (Wildman–Crippen MR) is 76.2 cm³/mol. The average Bonchev–Trinajstić information content (AvgIpc) is 3.21. The van der Waals surface area contributed by atoms with Gasteiger partial charge in [-0.3, -0.25) is 4.79 Å². The smallest absolute Gasteiger partial charge is 0.272 e. The fourth-order valence-electron chi connectivity index (χ4n) is 2.20. The molecule has 0 spiro atoms. The lowest BCUT2D eigenvalue weighted by atomic mass is 10.2. The highest BCUT2D eigenvalue weighted by Gasteiger charge is 2.27. The van der Waals surface area contributed by atoms with Crippen molar-refractivity contribution in [1.82, 2.24) is 4.57 Å². The van der Waals surface area contributed by atoms with Crippen LogP contribution in [-0.4, -0.2) is 10.5 Å². The van der Waals surface area contributed by atoms with E-state index in [0.717, 1.165) is 12.8 Å². The number of nitrogens with one attached hydrogen (secondary N) is 1. The first-order valence-corrected chi connectivity index (χ1v) is 6.46. The number of amides is 1. The van der Waals surface area contributed by atoms with E-state index in [0.29, 0.717) is 28.7 Å². The minimum absolute atomic E-state index is 0.205. The van der Waals surface area contributed by atoms with Gasteiger partial charge in [-0.15, -0.1) is 0 Å². The molecule has 1 fully saturated rings. The van der Waals surface area contributed by atoms with Crippen LogP contribution in [0.15, 0.2) is 36.5 Å².